The number of carbonyl (C=O) groups is 2. The Hall–Kier alpha value is -6.73. The minimum absolute atomic E-state index is 0. The fourth-order valence-electron chi connectivity index (χ4n) is 8.03. The highest BCUT2D eigenvalue weighted by molar-refractivity contribution is 5.93. The SMILES string of the molecule is Cl.FC(F)(F)c1ccccc1C1CCNCC1.O=C(O)c1cc(-c2ccc3c(c2)OCO3)on1.O=C(c1cc(-c2ccc3c(c2)OCO3)on1)N1CCC(c2ccccc2C(F)(F)F)CC1. The average molecular weight is 943 g/mol. The van der Waals surface area contributed by atoms with Gasteiger partial charge in [-0.1, -0.05) is 46.7 Å². The van der Waals surface area contributed by atoms with E-state index in [1.807, 2.05) is 0 Å². The Morgan fingerprint density at radius 2 is 1.03 bits per heavy atom. The Bertz CT molecular complexity index is 2640. The van der Waals surface area contributed by atoms with Gasteiger partial charge in [0.15, 0.2) is 45.9 Å². The molecule has 2 saturated heterocycles. The number of likely N-dealkylation sites (tertiary alicyclic amines) is 1. The number of halogens is 7. The quantitative estimate of drug-likeness (QED) is 0.153. The van der Waals surface area contributed by atoms with Crippen molar-refractivity contribution in [1.82, 2.24) is 20.5 Å². The van der Waals surface area contributed by atoms with Crippen LogP contribution in [0.15, 0.2) is 106 Å². The topological polar surface area (TPSA) is 159 Å². The number of piperidine rings is 2. The summed E-state index contributed by atoms with van der Waals surface area (Å²) in [5.74, 6) is 1.65. The summed E-state index contributed by atoms with van der Waals surface area (Å²) in [5, 5.41) is 19.2. The zero-order valence-corrected chi connectivity index (χ0v) is 35.5. The minimum Gasteiger partial charge on any atom is -0.476 e. The van der Waals surface area contributed by atoms with Crippen molar-refractivity contribution >= 4 is 24.3 Å². The van der Waals surface area contributed by atoms with Crippen molar-refractivity contribution in [3.63, 3.8) is 0 Å². The van der Waals surface area contributed by atoms with E-state index in [0.29, 0.717) is 82.7 Å². The van der Waals surface area contributed by atoms with Gasteiger partial charge in [-0.05, 0) is 110 Å². The molecule has 0 spiro atoms. The van der Waals surface area contributed by atoms with Gasteiger partial charge in [0.1, 0.15) is 0 Å². The number of carboxylic acid groups (broad SMARTS) is 1. The molecule has 2 fully saturated rings. The molecule has 0 radical (unpaired) electrons. The first kappa shape index (κ1) is 47.2. The number of hydrogen-bond donors (Lipinski definition) is 2. The lowest BCUT2D eigenvalue weighted by atomic mass is 9.86. The van der Waals surface area contributed by atoms with E-state index in [-0.39, 0.29) is 55.1 Å². The number of rotatable bonds is 6. The van der Waals surface area contributed by atoms with Crippen LogP contribution in [-0.2, 0) is 12.4 Å². The molecule has 66 heavy (non-hydrogen) atoms. The third-order valence-corrected chi connectivity index (χ3v) is 11.3. The molecule has 0 saturated carbocycles. The maximum Gasteiger partial charge on any atom is 0.416 e. The number of aromatic nitrogens is 2. The Balaban J connectivity index is 0.000000161. The van der Waals surface area contributed by atoms with Crippen LogP contribution in [0.25, 0.3) is 22.6 Å². The van der Waals surface area contributed by atoms with E-state index in [4.69, 9.17) is 33.1 Å². The molecule has 4 aliphatic heterocycles. The average Bonchev–Trinajstić information content (AvgIpc) is 4.17. The molecule has 6 aromatic rings. The highest BCUT2D eigenvalue weighted by Crippen LogP contribution is 2.41. The van der Waals surface area contributed by atoms with Crippen molar-refractivity contribution in [2.45, 2.75) is 49.9 Å². The van der Waals surface area contributed by atoms with Crippen LogP contribution in [0.3, 0.4) is 0 Å². The van der Waals surface area contributed by atoms with Crippen LogP contribution in [0.4, 0.5) is 26.3 Å². The number of alkyl halides is 6. The number of carboxylic acids is 1. The molecule has 2 N–H and O–H groups in total. The van der Waals surface area contributed by atoms with Crippen molar-refractivity contribution in [2.24, 2.45) is 0 Å². The van der Waals surface area contributed by atoms with Crippen molar-refractivity contribution in [2.75, 3.05) is 39.8 Å². The van der Waals surface area contributed by atoms with Gasteiger partial charge in [0.05, 0.1) is 11.1 Å². The smallest absolute Gasteiger partial charge is 0.416 e. The maximum absolute atomic E-state index is 13.3. The van der Waals surface area contributed by atoms with Gasteiger partial charge >= 0.3 is 18.3 Å². The third kappa shape index (κ3) is 10.9. The lowest BCUT2D eigenvalue weighted by Gasteiger charge is -2.32. The molecule has 6 heterocycles. The molecule has 348 valence electrons. The summed E-state index contributed by atoms with van der Waals surface area (Å²) in [6.07, 6.45) is -6.16. The van der Waals surface area contributed by atoms with Crippen LogP contribution < -0.4 is 24.3 Å². The standard InChI is InChI=1S/C23H19F3N2O4.C12H14F3N.C11H7NO5.ClH/c24-23(25,26)17-4-2-1-3-16(17)14-7-9-28(10-8-14)22(29)18-12-20(32-27-18)15-5-6-19-21(11-15)31-13-30-19;13-12(14,15)11-4-2-1-3-10(11)9-5-7-16-8-6-9;13-11(14)7-4-9(17-12-7)6-1-2-8-10(3-6)16-5-15-8;/h1-6,11-12,14H,7-10,13H2;1-4,9,16H,5-8H2;1-4H,5H2,(H,13,14);1H. The van der Waals surface area contributed by atoms with Crippen LogP contribution in [-0.4, -0.2) is 72.0 Å². The van der Waals surface area contributed by atoms with Gasteiger partial charge in [-0.25, -0.2) is 4.79 Å². The van der Waals surface area contributed by atoms with E-state index in [9.17, 15) is 35.9 Å². The van der Waals surface area contributed by atoms with Gasteiger partial charge in [-0.3, -0.25) is 4.79 Å². The molecule has 1 amide bonds. The molecule has 10 rings (SSSR count). The monoisotopic (exact) mass is 942 g/mol. The van der Waals surface area contributed by atoms with Crippen molar-refractivity contribution < 1.29 is 69.0 Å². The fraction of sp³-hybridized carbons (Fsp3) is 0.304. The number of amides is 1. The second-order valence-corrected chi connectivity index (χ2v) is 15.4. The third-order valence-electron chi connectivity index (χ3n) is 11.3. The lowest BCUT2D eigenvalue weighted by Crippen LogP contribution is -2.38. The second-order valence-electron chi connectivity index (χ2n) is 15.4. The summed E-state index contributed by atoms with van der Waals surface area (Å²) in [6.45, 7) is 2.65. The Kier molecular flexibility index (Phi) is 14.5. The molecular weight excluding hydrogens is 902 g/mol. The number of fused-ring (bicyclic) bond motifs is 2. The van der Waals surface area contributed by atoms with Crippen molar-refractivity contribution in [3.05, 3.63) is 131 Å². The van der Waals surface area contributed by atoms with E-state index in [2.05, 4.69) is 15.6 Å². The van der Waals surface area contributed by atoms with Crippen LogP contribution in [0.5, 0.6) is 23.0 Å². The van der Waals surface area contributed by atoms with Gasteiger partial charge < -0.3 is 43.3 Å². The summed E-state index contributed by atoms with van der Waals surface area (Å²) in [5.41, 5.74) is 1.09. The first-order valence-corrected chi connectivity index (χ1v) is 20.5. The van der Waals surface area contributed by atoms with Crippen LogP contribution in [0.2, 0.25) is 0 Å². The van der Waals surface area contributed by atoms with Crippen LogP contribution in [0, 0.1) is 0 Å². The normalized spacial score (nSPS) is 15.8. The van der Waals surface area contributed by atoms with Crippen LogP contribution in [0.1, 0.15) is 80.7 Å². The number of benzene rings is 4. The number of aromatic carboxylic acids is 1. The number of ether oxygens (including phenoxy) is 4. The van der Waals surface area contributed by atoms with E-state index in [0.717, 1.165) is 32.0 Å². The summed E-state index contributed by atoms with van der Waals surface area (Å²) >= 11 is 0. The molecule has 0 bridgehead atoms. The minimum atomic E-state index is -4.39. The first-order valence-electron chi connectivity index (χ1n) is 20.5. The molecule has 20 heteroatoms. The van der Waals surface area contributed by atoms with E-state index >= 15 is 0 Å². The molecule has 0 atom stereocenters. The van der Waals surface area contributed by atoms with Gasteiger partial charge in [0.2, 0.25) is 13.6 Å². The van der Waals surface area contributed by atoms with Gasteiger partial charge in [0.25, 0.3) is 5.91 Å². The Morgan fingerprint density at radius 1 is 0.591 bits per heavy atom. The highest BCUT2D eigenvalue weighted by Gasteiger charge is 2.37. The predicted octanol–water partition coefficient (Wildman–Crippen LogP) is 10.5. The molecule has 4 aliphatic rings. The maximum atomic E-state index is 13.3. The largest absolute Gasteiger partial charge is 0.476 e. The van der Waals surface area contributed by atoms with Crippen LogP contribution >= 0.6 is 12.4 Å². The molecule has 4 aromatic carbocycles. The van der Waals surface area contributed by atoms with Gasteiger partial charge in [-0.2, -0.15) is 26.3 Å². The predicted molar refractivity (Wildman–Crippen MR) is 226 cm³/mol. The summed E-state index contributed by atoms with van der Waals surface area (Å²) in [6, 6.07) is 25.0. The van der Waals surface area contributed by atoms with E-state index in [1.165, 1.54) is 30.3 Å². The van der Waals surface area contributed by atoms with E-state index < -0.39 is 29.4 Å². The summed E-state index contributed by atoms with van der Waals surface area (Å²) in [4.78, 5) is 25.2. The van der Waals surface area contributed by atoms with E-state index in [1.54, 1.807) is 65.6 Å². The second kappa shape index (κ2) is 20.2. The Labute approximate surface area is 379 Å². The van der Waals surface area contributed by atoms with Crippen molar-refractivity contribution in [3.8, 4) is 45.6 Å². The van der Waals surface area contributed by atoms with Gasteiger partial charge in [-0.15, -0.1) is 12.4 Å². The fourth-order valence-corrected chi connectivity index (χ4v) is 8.03. The van der Waals surface area contributed by atoms with Gasteiger partial charge in [0, 0.05) is 36.3 Å². The summed E-state index contributed by atoms with van der Waals surface area (Å²) in [7, 11) is 0. The van der Waals surface area contributed by atoms with Crippen molar-refractivity contribution in [1.29, 1.82) is 0 Å². The zero-order chi connectivity index (χ0) is 45.7. The number of nitrogens with one attached hydrogen (secondary N) is 1. The summed E-state index contributed by atoms with van der Waals surface area (Å²) < 4.78 is 110. The number of nitrogens with zero attached hydrogens (tertiary/aromatic N) is 3. The molecule has 0 aliphatic carbocycles. The number of hydrogen-bond acceptors (Lipinski definition) is 11. The molecule has 0 unspecified atom stereocenters. The molecule has 13 nitrogen and oxygen atoms in total. The zero-order valence-electron chi connectivity index (χ0n) is 34.7. The molecular formula is C46H41ClF6N4O9. The first-order chi connectivity index (χ1) is 31.2. The lowest BCUT2D eigenvalue weighted by molar-refractivity contribution is -0.139. The number of carbonyl (C=O) groups excluding carboxylic acids is 1. The highest BCUT2D eigenvalue weighted by atomic mass is 35.5. The molecule has 2 aromatic heterocycles. The Morgan fingerprint density at radius 3 is 1.50 bits per heavy atom.